The van der Waals surface area contributed by atoms with Crippen molar-refractivity contribution in [2.75, 3.05) is 7.11 Å². The molecule has 0 amide bonds. The van der Waals surface area contributed by atoms with Crippen molar-refractivity contribution in [2.45, 2.75) is 13.0 Å². The fourth-order valence-electron chi connectivity index (χ4n) is 1.15. The van der Waals surface area contributed by atoms with Crippen molar-refractivity contribution in [3.63, 3.8) is 0 Å². The molecule has 2 nitrogen and oxygen atoms in total. The maximum Gasteiger partial charge on any atom is 0.267 e. The van der Waals surface area contributed by atoms with Crippen molar-refractivity contribution < 1.29 is 18.6 Å². The van der Waals surface area contributed by atoms with Crippen molar-refractivity contribution in [3.8, 4) is 5.75 Å². The SMILES string of the molecule is COc1cccc(CO)c1C(F)F. The highest BCUT2D eigenvalue weighted by Gasteiger charge is 2.17. The third-order valence-electron chi connectivity index (χ3n) is 1.76. The minimum atomic E-state index is -2.63. The standard InChI is InChI=1S/C9H10F2O2/c1-13-7-4-2-3-6(5-12)8(7)9(10)11/h2-4,9,12H,5H2,1H3. The maximum absolute atomic E-state index is 12.5. The molecule has 0 unspecified atom stereocenters. The minimum absolute atomic E-state index is 0.113. The van der Waals surface area contributed by atoms with Crippen LogP contribution < -0.4 is 4.74 Å². The largest absolute Gasteiger partial charge is 0.496 e. The fraction of sp³-hybridized carbons (Fsp3) is 0.333. The molecular weight excluding hydrogens is 178 g/mol. The van der Waals surface area contributed by atoms with Gasteiger partial charge in [-0.3, -0.25) is 0 Å². The third-order valence-corrected chi connectivity index (χ3v) is 1.76. The molecule has 0 atom stereocenters. The Morgan fingerprint density at radius 2 is 2.15 bits per heavy atom. The summed E-state index contributed by atoms with van der Waals surface area (Å²) in [5, 5.41) is 8.80. The number of halogens is 2. The van der Waals surface area contributed by atoms with Crippen LogP contribution in [0.4, 0.5) is 8.78 Å². The molecule has 1 aromatic carbocycles. The van der Waals surface area contributed by atoms with Crippen LogP contribution >= 0.6 is 0 Å². The summed E-state index contributed by atoms with van der Waals surface area (Å²) in [6, 6.07) is 4.46. The highest BCUT2D eigenvalue weighted by Crippen LogP contribution is 2.31. The van der Waals surface area contributed by atoms with Gasteiger partial charge in [0.1, 0.15) is 5.75 Å². The van der Waals surface area contributed by atoms with E-state index in [1.807, 2.05) is 0 Å². The number of rotatable bonds is 3. The lowest BCUT2D eigenvalue weighted by Crippen LogP contribution is -1.98. The summed E-state index contributed by atoms with van der Waals surface area (Å²) in [7, 11) is 1.32. The van der Waals surface area contributed by atoms with E-state index in [1.165, 1.54) is 19.2 Å². The van der Waals surface area contributed by atoms with Gasteiger partial charge in [0.15, 0.2) is 0 Å². The van der Waals surface area contributed by atoms with E-state index >= 15 is 0 Å². The molecule has 1 N–H and O–H groups in total. The first-order valence-electron chi connectivity index (χ1n) is 3.75. The monoisotopic (exact) mass is 188 g/mol. The van der Waals surface area contributed by atoms with Crippen LogP contribution in [0.15, 0.2) is 18.2 Å². The summed E-state index contributed by atoms with van der Waals surface area (Å²) in [6.07, 6.45) is -2.63. The summed E-state index contributed by atoms with van der Waals surface area (Å²) >= 11 is 0. The Kier molecular flexibility index (Phi) is 3.19. The number of alkyl halides is 2. The van der Waals surface area contributed by atoms with E-state index < -0.39 is 13.0 Å². The lowest BCUT2D eigenvalue weighted by Gasteiger charge is -2.10. The molecule has 0 aromatic heterocycles. The minimum Gasteiger partial charge on any atom is -0.496 e. The quantitative estimate of drug-likeness (QED) is 0.787. The van der Waals surface area contributed by atoms with Crippen molar-refractivity contribution >= 4 is 0 Å². The predicted octanol–water partition coefficient (Wildman–Crippen LogP) is 2.13. The summed E-state index contributed by atoms with van der Waals surface area (Å²) < 4.78 is 29.7. The molecule has 0 aliphatic rings. The van der Waals surface area contributed by atoms with E-state index in [-0.39, 0.29) is 16.9 Å². The van der Waals surface area contributed by atoms with Crippen LogP contribution in [0.5, 0.6) is 5.75 Å². The lowest BCUT2D eigenvalue weighted by atomic mass is 10.1. The summed E-state index contributed by atoms with van der Waals surface area (Å²) in [4.78, 5) is 0. The maximum atomic E-state index is 12.5. The first-order valence-corrected chi connectivity index (χ1v) is 3.75. The van der Waals surface area contributed by atoms with E-state index in [1.54, 1.807) is 6.07 Å². The highest BCUT2D eigenvalue weighted by atomic mass is 19.3. The van der Waals surface area contributed by atoms with E-state index in [2.05, 4.69) is 0 Å². The van der Waals surface area contributed by atoms with E-state index in [4.69, 9.17) is 9.84 Å². The molecular formula is C9H10F2O2. The molecule has 4 heteroatoms. The fourth-order valence-corrected chi connectivity index (χ4v) is 1.15. The molecule has 0 radical (unpaired) electrons. The summed E-state index contributed by atoms with van der Waals surface area (Å²) in [6.45, 7) is -0.406. The Hall–Kier alpha value is -1.16. The van der Waals surface area contributed by atoms with Gasteiger partial charge in [0.2, 0.25) is 0 Å². The molecule has 1 rings (SSSR count). The Morgan fingerprint density at radius 3 is 2.62 bits per heavy atom. The van der Waals surface area contributed by atoms with Crippen molar-refractivity contribution in [2.24, 2.45) is 0 Å². The number of aliphatic hydroxyl groups is 1. The second-order valence-corrected chi connectivity index (χ2v) is 2.49. The molecule has 0 bridgehead atoms. The van der Waals surface area contributed by atoms with Crippen LogP contribution in [0, 0.1) is 0 Å². The first kappa shape index (κ1) is 9.92. The van der Waals surface area contributed by atoms with Gasteiger partial charge >= 0.3 is 0 Å². The van der Waals surface area contributed by atoms with Gasteiger partial charge in [-0.15, -0.1) is 0 Å². The number of hydrogen-bond acceptors (Lipinski definition) is 2. The Bertz CT molecular complexity index is 265. The molecule has 0 fully saturated rings. The van der Waals surface area contributed by atoms with Gasteiger partial charge in [0.05, 0.1) is 19.3 Å². The van der Waals surface area contributed by atoms with Gasteiger partial charge in [-0.05, 0) is 11.6 Å². The molecule has 0 aliphatic heterocycles. The van der Waals surface area contributed by atoms with Crippen LogP contribution in [-0.4, -0.2) is 12.2 Å². The van der Waals surface area contributed by atoms with Crippen LogP contribution in [0.25, 0.3) is 0 Å². The zero-order chi connectivity index (χ0) is 9.84. The molecule has 0 heterocycles. The second-order valence-electron chi connectivity index (χ2n) is 2.49. The number of benzene rings is 1. The zero-order valence-corrected chi connectivity index (χ0v) is 7.13. The van der Waals surface area contributed by atoms with Gasteiger partial charge in [-0.25, -0.2) is 8.78 Å². The Balaban J connectivity index is 3.21. The van der Waals surface area contributed by atoms with E-state index in [0.29, 0.717) is 0 Å². The number of ether oxygens (including phenoxy) is 1. The molecule has 0 saturated carbocycles. The van der Waals surface area contributed by atoms with Crippen molar-refractivity contribution in [3.05, 3.63) is 29.3 Å². The summed E-state index contributed by atoms with van der Waals surface area (Å²) in [5.74, 6) is 0.113. The molecule has 0 aliphatic carbocycles. The van der Waals surface area contributed by atoms with E-state index in [9.17, 15) is 8.78 Å². The second kappa shape index (κ2) is 4.18. The molecule has 72 valence electrons. The van der Waals surface area contributed by atoms with Gasteiger partial charge in [-0.2, -0.15) is 0 Å². The zero-order valence-electron chi connectivity index (χ0n) is 7.13. The molecule has 0 saturated heterocycles. The van der Waals surface area contributed by atoms with Crippen molar-refractivity contribution in [1.82, 2.24) is 0 Å². The molecule has 0 spiro atoms. The van der Waals surface area contributed by atoms with Crippen LogP contribution in [-0.2, 0) is 6.61 Å². The van der Waals surface area contributed by atoms with Crippen molar-refractivity contribution in [1.29, 1.82) is 0 Å². The average molecular weight is 188 g/mol. The number of hydrogen-bond donors (Lipinski definition) is 1. The van der Waals surface area contributed by atoms with Gasteiger partial charge in [0, 0.05) is 0 Å². The Morgan fingerprint density at radius 1 is 1.46 bits per heavy atom. The highest BCUT2D eigenvalue weighted by molar-refractivity contribution is 5.40. The van der Waals surface area contributed by atoms with E-state index in [0.717, 1.165) is 0 Å². The molecule has 13 heavy (non-hydrogen) atoms. The van der Waals surface area contributed by atoms with Crippen LogP contribution in [0.3, 0.4) is 0 Å². The molecule has 1 aromatic rings. The Labute approximate surface area is 74.8 Å². The third kappa shape index (κ3) is 1.95. The van der Waals surface area contributed by atoms with Crippen LogP contribution in [0.1, 0.15) is 17.6 Å². The van der Waals surface area contributed by atoms with Gasteiger partial charge < -0.3 is 9.84 Å². The van der Waals surface area contributed by atoms with Crippen LogP contribution in [0.2, 0.25) is 0 Å². The van der Waals surface area contributed by atoms with Gasteiger partial charge in [0.25, 0.3) is 6.43 Å². The van der Waals surface area contributed by atoms with Gasteiger partial charge in [-0.1, -0.05) is 12.1 Å². The normalized spacial score (nSPS) is 10.5. The number of methoxy groups -OCH3 is 1. The lowest BCUT2D eigenvalue weighted by molar-refractivity contribution is 0.142. The number of aliphatic hydroxyl groups excluding tert-OH is 1. The topological polar surface area (TPSA) is 29.5 Å². The smallest absolute Gasteiger partial charge is 0.267 e. The average Bonchev–Trinajstić information content (AvgIpc) is 2.16. The predicted molar refractivity (Wildman–Crippen MR) is 43.9 cm³/mol. The summed E-state index contributed by atoms with van der Waals surface area (Å²) in [5.41, 5.74) is -0.0261. The first-order chi connectivity index (χ1) is 6.20.